The third kappa shape index (κ3) is 3.20. The number of amides is 1. The first-order chi connectivity index (χ1) is 9.49. The number of carbonyl (C=O) groups excluding carboxylic acids is 1. The highest BCUT2D eigenvalue weighted by atomic mass is 79.9. The van der Waals surface area contributed by atoms with Gasteiger partial charge in [0.1, 0.15) is 0 Å². The first-order valence-corrected chi connectivity index (χ1v) is 7.23. The summed E-state index contributed by atoms with van der Waals surface area (Å²) < 4.78 is 0.828. The quantitative estimate of drug-likeness (QED) is 0.818. The molecular formula is C16H17BrN2O. The smallest absolute Gasteiger partial charge is 0.257 e. The van der Waals surface area contributed by atoms with E-state index in [4.69, 9.17) is 5.73 Å². The van der Waals surface area contributed by atoms with Crippen LogP contribution in [0, 0.1) is 0 Å². The summed E-state index contributed by atoms with van der Waals surface area (Å²) in [5, 5.41) is 2.94. The number of benzene rings is 2. The summed E-state index contributed by atoms with van der Waals surface area (Å²) in [7, 11) is 0. The second-order valence-electron chi connectivity index (χ2n) is 4.93. The van der Waals surface area contributed by atoms with Crippen molar-refractivity contribution in [3.63, 3.8) is 0 Å². The third-order valence-electron chi connectivity index (χ3n) is 3.09. The molecule has 0 aromatic heterocycles. The Morgan fingerprint density at radius 1 is 1.20 bits per heavy atom. The Labute approximate surface area is 127 Å². The first kappa shape index (κ1) is 14.6. The zero-order valence-electron chi connectivity index (χ0n) is 11.5. The molecule has 0 saturated heterocycles. The molecule has 2 aromatic rings. The monoisotopic (exact) mass is 332 g/mol. The number of para-hydroxylation sites is 1. The number of carbonyl (C=O) groups is 1. The summed E-state index contributed by atoms with van der Waals surface area (Å²) in [5.41, 5.74) is 8.73. The lowest BCUT2D eigenvalue weighted by atomic mass is 10.0. The average molecular weight is 333 g/mol. The van der Waals surface area contributed by atoms with Gasteiger partial charge in [0.25, 0.3) is 5.91 Å². The highest BCUT2D eigenvalue weighted by Crippen LogP contribution is 2.25. The molecule has 0 bridgehead atoms. The summed E-state index contributed by atoms with van der Waals surface area (Å²) in [5.74, 6) is 0.142. The van der Waals surface area contributed by atoms with Gasteiger partial charge in [-0.25, -0.2) is 0 Å². The second-order valence-corrected chi connectivity index (χ2v) is 5.84. The van der Waals surface area contributed by atoms with Gasteiger partial charge in [-0.3, -0.25) is 4.79 Å². The third-order valence-corrected chi connectivity index (χ3v) is 3.58. The number of hydrogen-bond acceptors (Lipinski definition) is 2. The van der Waals surface area contributed by atoms with E-state index in [1.54, 1.807) is 12.1 Å². The maximum Gasteiger partial charge on any atom is 0.257 e. The Bertz CT molecular complexity index is 638. The molecule has 0 unspecified atom stereocenters. The van der Waals surface area contributed by atoms with Crippen LogP contribution in [0.15, 0.2) is 46.9 Å². The Kier molecular flexibility index (Phi) is 4.45. The zero-order valence-corrected chi connectivity index (χ0v) is 13.1. The number of anilines is 2. The molecule has 0 aliphatic carbocycles. The molecule has 3 N–H and O–H groups in total. The van der Waals surface area contributed by atoms with E-state index in [0.717, 1.165) is 15.7 Å². The van der Waals surface area contributed by atoms with Crippen LogP contribution in [0.1, 0.15) is 35.7 Å². The van der Waals surface area contributed by atoms with Crippen molar-refractivity contribution in [2.75, 3.05) is 11.1 Å². The van der Waals surface area contributed by atoms with Gasteiger partial charge in [0.05, 0.1) is 5.56 Å². The van der Waals surface area contributed by atoms with Gasteiger partial charge in [-0.05, 0) is 35.7 Å². The zero-order chi connectivity index (χ0) is 14.7. The fourth-order valence-electron chi connectivity index (χ4n) is 2.03. The van der Waals surface area contributed by atoms with Crippen molar-refractivity contribution in [2.24, 2.45) is 0 Å². The maximum atomic E-state index is 12.4. The Balaban J connectivity index is 2.31. The van der Waals surface area contributed by atoms with Gasteiger partial charge in [0.15, 0.2) is 0 Å². The molecule has 20 heavy (non-hydrogen) atoms. The van der Waals surface area contributed by atoms with Crippen molar-refractivity contribution in [3.8, 4) is 0 Å². The maximum absolute atomic E-state index is 12.4. The number of rotatable bonds is 3. The summed E-state index contributed by atoms with van der Waals surface area (Å²) in [6, 6.07) is 13.1. The number of nitrogens with two attached hydrogens (primary N) is 1. The number of hydrogen-bond donors (Lipinski definition) is 2. The molecule has 0 aliphatic rings. The van der Waals surface area contributed by atoms with Crippen molar-refractivity contribution in [2.45, 2.75) is 19.8 Å². The minimum Gasteiger partial charge on any atom is -0.398 e. The lowest BCUT2D eigenvalue weighted by Crippen LogP contribution is -2.15. The molecule has 0 radical (unpaired) electrons. The molecule has 1 amide bonds. The molecule has 0 aliphatic heterocycles. The summed E-state index contributed by atoms with van der Waals surface area (Å²) >= 11 is 3.35. The van der Waals surface area contributed by atoms with Crippen LogP contribution in [0.2, 0.25) is 0 Å². The van der Waals surface area contributed by atoms with Crippen LogP contribution in [0.25, 0.3) is 0 Å². The van der Waals surface area contributed by atoms with Crippen LogP contribution < -0.4 is 11.1 Å². The van der Waals surface area contributed by atoms with E-state index in [-0.39, 0.29) is 5.91 Å². The van der Waals surface area contributed by atoms with Gasteiger partial charge < -0.3 is 11.1 Å². The Morgan fingerprint density at radius 3 is 2.60 bits per heavy atom. The molecule has 2 aromatic carbocycles. The standard InChI is InChI=1S/C16H17BrN2O/c1-10(2)12-5-3-4-6-15(12)19-16(20)13-9-11(17)7-8-14(13)18/h3-10H,18H2,1-2H3,(H,19,20). The van der Waals surface area contributed by atoms with Crippen LogP contribution in [0.3, 0.4) is 0 Å². The topological polar surface area (TPSA) is 55.1 Å². The lowest BCUT2D eigenvalue weighted by Gasteiger charge is -2.14. The molecular weight excluding hydrogens is 316 g/mol. The van der Waals surface area contributed by atoms with E-state index in [1.165, 1.54) is 0 Å². The van der Waals surface area contributed by atoms with Crippen LogP contribution in [-0.4, -0.2) is 5.91 Å². The number of halogens is 1. The van der Waals surface area contributed by atoms with Crippen LogP contribution in [-0.2, 0) is 0 Å². The minimum atomic E-state index is -0.197. The molecule has 0 heterocycles. The summed E-state index contributed by atoms with van der Waals surface area (Å²) in [6.07, 6.45) is 0. The van der Waals surface area contributed by atoms with E-state index in [1.807, 2.05) is 30.3 Å². The van der Waals surface area contributed by atoms with Gasteiger partial charge in [-0.15, -0.1) is 0 Å². The summed E-state index contributed by atoms with van der Waals surface area (Å²) in [6.45, 7) is 4.19. The minimum absolute atomic E-state index is 0.197. The van der Waals surface area contributed by atoms with Gasteiger partial charge in [-0.1, -0.05) is 48.0 Å². The van der Waals surface area contributed by atoms with Gasteiger partial charge in [-0.2, -0.15) is 0 Å². The van der Waals surface area contributed by atoms with Crippen LogP contribution in [0.5, 0.6) is 0 Å². The largest absolute Gasteiger partial charge is 0.398 e. The second kappa shape index (κ2) is 6.09. The molecule has 2 rings (SSSR count). The van der Waals surface area contributed by atoms with Crippen molar-refractivity contribution in [1.29, 1.82) is 0 Å². The van der Waals surface area contributed by atoms with E-state index < -0.39 is 0 Å². The molecule has 0 saturated carbocycles. The van der Waals surface area contributed by atoms with Crippen molar-refractivity contribution < 1.29 is 4.79 Å². The fraction of sp³-hybridized carbons (Fsp3) is 0.188. The molecule has 0 atom stereocenters. The molecule has 3 nitrogen and oxygen atoms in total. The SMILES string of the molecule is CC(C)c1ccccc1NC(=O)c1cc(Br)ccc1N. The van der Waals surface area contributed by atoms with E-state index >= 15 is 0 Å². The average Bonchev–Trinajstić information content (AvgIpc) is 2.41. The summed E-state index contributed by atoms with van der Waals surface area (Å²) in [4.78, 5) is 12.4. The highest BCUT2D eigenvalue weighted by Gasteiger charge is 2.13. The predicted molar refractivity (Wildman–Crippen MR) is 87.0 cm³/mol. The van der Waals surface area contributed by atoms with Crippen molar-refractivity contribution >= 4 is 33.2 Å². The van der Waals surface area contributed by atoms with Gasteiger partial charge >= 0.3 is 0 Å². The van der Waals surface area contributed by atoms with Crippen LogP contribution in [0.4, 0.5) is 11.4 Å². The van der Waals surface area contributed by atoms with E-state index in [9.17, 15) is 4.79 Å². The Morgan fingerprint density at radius 2 is 1.90 bits per heavy atom. The fourth-order valence-corrected chi connectivity index (χ4v) is 2.39. The predicted octanol–water partition coefficient (Wildman–Crippen LogP) is 4.41. The van der Waals surface area contributed by atoms with Crippen molar-refractivity contribution in [1.82, 2.24) is 0 Å². The molecule has 0 fully saturated rings. The van der Waals surface area contributed by atoms with Gasteiger partial charge in [0, 0.05) is 15.8 Å². The van der Waals surface area contributed by atoms with Gasteiger partial charge in [0.2, 0.25) is 0 Å². The number of nitrogen functional groups attached to an aromatic ring is 1. The Hall–Kier alpha value is -1.81. The number of nitrogens with one attached hydrogen (secondary N) is 1. The highest BCUT2D eigenvalue weighted by molar-refractivity contribution is 9.10. The lowest BCUT2D eigenvalue weighted by molar-refractivity contribution is 0.102. The first-order valence-electron chi connectivity index (χ1n) is 6.44. The van der Waals surface area contributed by atoms with E-state index in [2.05, 4.69) is 35.1 Å². The van der Waals surface area contributed by atoms with E-state index in [0.29, 0.717) is 17.2 Å². The molecule has 104 valence electrons. The van der Waals surface area contributed by atoms with Crippen molar-refractivity contribution in [3.05, 3.63) is 58.1 Å². The van der Waals surface area contributed by atoms with Crippen LogP contribution >= 0.6 is 15.9 Å². The molecule has 0 spiro atoms. The molecule has 4 heteroatoms. The normalized spacial score (nSPS) is 10.6.